The number of esters is 2. The van der Waals surface area contributed by atoms with Gasteiger partial charge in [-0.15, -0.1) is 0 Å². The van der Waals surface area contributed by atoms with Crippen LogP contribution in [-0.4, -0.2) is 26.2 Å². The molecule has 31 heavy (non-hydrogen) atoms. The fraction of sp³-hybridized carbons (Fsp3) is 0.125. The minimum absolute atomic E-state index is 0.240. The summed E-state index contributed by atoms with van der Waals surface area (Å²) in [5, 5.41) is 15.7. The average molecular weight is 415 g/mol. The van der Waals surface area contributed by atoms with E-state index >= 15 is 0 Å². The molecule has 7 heteroatoms. The van der Waals surface area contributed by atoms with E-state index in [2.05, 4.69) is 10.6 Å². The van der Waals surface area contributed by atoms with Crippen LogP contribution in [0, 0.1) is 18.3 Å². The van der Waals surface area contributed by atoms with Crippen LogP contribution in [0.25, 0.3) is 0 Å². The lowest BCUT2D eigenvalue weighted by Crippen LogP contribution is -2.08. The second-order valence-electron chi connectivity index (χ2n) is 6.70. The van der Waals surface area contributed by atoms with Gasteiger partial charge < -0.3 is 20.1 Å². The van der Waals surface area contributed by atoms with Gasteiger partial charge in [0.2, 0.25) is 0 Å². The Morgan fingerprint density at radius 3 is 2.10 bits per heavy atom. The maximum Gasteiger partial charge on any atom is 0.340 e. The van der Waals surface area contributed by atoms with Crippen LogP contribution in [0.4, 0.5) is 22.7 Å². The molecule has 0 fully saturated rings. The molecule has 0 aliphatic heterocycles. The first-order valence-electron chi connectivity index (χ1n) is 9.41. The van der Waals surface area contributed by atoms with Crippen LogP contribution < -0.4 is 10.6 Å². The van der Waals surface area contributed by atoms with Crippen molar-refractivity contribution in [2.75, 3.05) is 24.9 Å². The summed E-state index contributed by atoms with van der Waals surface area (Å²) in [5.41, 5.74) is 4.39. The lowest BCUT2D eigenvalue weighted by atomic mass is 10.1. The van der Waals surface area contributed by atoms with Gasteiger partial charge in [-0.1, -0.05) is 18.2 Å². The van der Waals surface area contributed by atoms with E-state index in [0.29, 0.717) is 33.9 Å². The quantitative estimate of drug-likeness (QED) is 0.551. The fourth-order valence-electron chi connectivity index (χ4n) is 3.04. The third kappa shape index (κ3) is 4.82. The Hall–Kier alpha value is -4.31. The monoisotopic (exact) mass is 415 g/mol. The summed E-state index contributed by atoms with van der Waals surface area (Å²) in [6.07, 6.45) is 0. The van der Waals surface area contributed by atoms with Crippen molar-refractivity contribution in [3.8, 4) is 6.07 Å². The number of carbonyl (C=O) groups excluding carboxylic acids is 2. The Labute approximate surface area is 180 Å². The van der Waals surface area contributed by atoms with Gasteiger partial charge in [0, 0.05) is 0 Å². The molecule has 0 saturated heterocycles. The second-order valence-corrected chi connectivity index (χ2v) is 6.70. The van der Waals surface area contributed by atoms with Crippen molar-refractivity contribution >= 4 is 34.7 Å². The number of benzene rings is 3. The summed E-state index contributed by atoms with van der Waals surface area (Å²) >= 11 is 0. The largest absolute Gasteiger partial charge is 0.465 e. The molecule has 0 spiro atoms. The van der Waals surface area contributed by atoms with Gasteiger partial charge in [-0.25, -0.2) is 9.59 Å². The van der Waals surface area contributed by atoms with Crippen LogP contribution in [0.2, 0.25) is 0 Å². The van der Waals surface area contributed by atoms with Gasteiger partial charge in [0.15, 0.2) is 0 Å². The topological polar surface area (TPSA) is 100 Å². The van der Waals surface area contributed by atoms with E-state index in [1.54, 1.807) is 30.3 Å². The molecule has 0 heterocycles. The van der Waals surface area contributed by atoms with E-state index in [4.69, 9.17) is 14.7 Å². The molecular weight excluding hydrogens is 394 g/mol. The van der Waals surface area contributed by atoms with Gasteiger partial charge in [-0.2, -0.15) is 5.26 Å². The van der Waals surface area contributed by atoms with Gasteiger partial charge in [0.25, 0.3) is 0 Å². The number of hydrogen-bond acceptors (Lipinski definition) is 7. The summed E-state index contributed by atoms with van der Waals surface area (Å²) in [6, 6.07) is 19.5. The number of carbonyl (C=O) groups is 2. The number of hydrogen-bond donors (Lipinski definition) is 2. The molecule has 0 radical (unpaired) electrons. The maximum atomic E-state index is 12.2. The van der Waals surface area contributed by atoms with Gasteiger partial charge in [0.1, 0.15) is 0 Å². The molecule has 0 aromatic heterocycles. The fourth-order valence-corrected chi connectivity index (χ4v) is 3.04. The Morgan fingerprint density at radius 1 is 0.774 bits per heavy atom. The summed E-state index contributed by atoms with van der Waals surface area (Å²) in [7, 11) is 2.62. The highest BCUT2D eigenvalue weighted by Gasteiger charge is 2.16. The van der Waals surface area contributed by atoms with Crippen molar-refractivity contribution in [2.45, 2.75) is 6.92 Å². The van der Waals surface area contributed by atoms with Crippen LogP contribution in [0.1, 0.15) is 31.8 Å². The standard InChI is InChI=1S/C24H21N3O4/c1-15-8-10-21(26-19-7-5-4-6-17(19)23(28)30-2)22(12-15)27-20-11-9-16(14-25)13-18(20)24(29)31-3/h4-13,26-27H,1-3H3. The number of ether oxygens (including phenoxy) is 2. The Balaban J connectivity index is 2.03. The first kappa shape index (κ1) is 21.4. The first-order valence-corrected chi connectivity index (χ1v) is 9.41. The van der Waals surface area contributed by atoms with Gasteiger partial charge >= 0.3 is 11.9 Å². The molecular formula is C24H21N3O4. The molecule has 2 N–H and O–H groups in total. The number of nitrogens with zero attached hydrogens (tertiary/aromatic N) is 1. The molecule has 3 rings (SSSR count). The third-order valence-corrected chi connectivity index (χ3v) is 4.60. The van der Waals surface area contributed by atoms with Crippen LogP contribution in [0.5, 0.6) is 0 Å². The minimum atomic E-state index is -0.558. The van der Waals surface area contributed by atoms with Gasteiger partial charge in [-0.3, -0.25) is 0 Å². The van der Waals surface area contributed by atoms with E-state index in [0.717, 1.165) is 5.56 Å². The average Bonchev–Trinajstić information content (AvgIpc) is 2.80. The van der Waals surface area contributed by atoms with E-state index in [-0.39, 0.29) is 5.56 Å². The number of aryl methyl sites for hydroxylation is 1. The van der Waals surface area contributed by atoms with Crippen molar-refractivity contribution in [1.82, 2.24) is 0 Å². The smallest absolute Gasteiger partial charge is 0.340 e. The van der Waals surface area contributed by atoms with E-state index in [9.17, 15) is 9.59 Å². The number of rotatable bonds is 6. The van der Waals surface area contributed by atoms with Crippen molar-refractivity contribution in [3.63, 3.8) is 0 Å². The highest BCUT2D eigenvalue weighted by Crippen LogP contribution is 2.32. The highest BCUT2D eigenvalue weighted by molar-refractivity contribution is 5.99. The molecule has 3 aromatic carbocycles. The van der Waals surface area contributed by atoms with Crippen LogP contribution >= 0.6 is 0 Å². The molecule has 0 aliphatic rings. The lowest BCUT2D eigenvalue weighted by molar-refractivity contribution is 0.0593. The molecule has 0 saturated carbocycles. The summed E-state index contributed by atoms with van der Waals surface area (Å²) in [4.78, 5) is 24.4. The SMILES string of the molecule is COC(=O)c1ccccc1Nc1ccc(C)cc1Nc1ccc(C#N)cc1C(=O)OC. The molecule has 7 nitrogen and oxygen atoms in total. The van der Waals surface area contributed by atoms with Crippen LogP contribution in [-0.2, 0) is 9.47 Å². The van der Waals surface area contributed by atoms with Crippen molar-refractivity contribution in [3.05, 3.63) is 82.9 Å². The number of nitrogens with one attached hydrogen (secondary N) is 2. The normalized spacial score (nSPS) is 10.0. The van der Waals surface area contributed by atoms with Crippen molar-refractivity contribution in [1.29, 1.82) is 5.26 Å². The zero-order chi connectivity index (χ0) is 22.4. The molecule has 0 atom stereocenters. The summed E-state index contributed by atoms with van der Waals surface area (Å²) in [5.74, 6) is -1.01. The highest BCUT2D eigenvalue weighted by atomic mass is 16.5. The predicted octanol–water partition coefficient (Wildman–Crippen LogP) is 4.93. The zero-order valence-electron chi connectivity index (χ0n) is 17.4. The molecule has 156 valence electrons. The van der Waals surface area contributed by atoms with Crippen molar-refractivity contribution < 1.29 is 19.1 Å². The van der Waals surface area contributed by atoms with Gasteiger partial charge in [0.05, 0.1) is 59.7 Å². The Bertz CT molecular complexity index is 1180. The number of para-hydroxylation sites is 1. The number of anilines is 4. The van der Waals surface area contributed by atoms with E-state index < -0.39 is 11.9 Å². The maximum absolute atomic E-state index is 12.2. The molecule has 0 amide bonds. The van der Waals surface area contributed by atoms with Crippen LogP contribution in [0.15, 0.2) is 60.7 Å². The number of nitriles is 1. The predicted molar refractivity (Wildman–Crippen MR) is 118 cm³/mol. The molecule has 0 bridgehead atoms. The zero-order valence-corrected chi connectivity index (χ0v) is 17.4. The minimum Gasteiger partial charge on any atom is -0.465 e. The van der Waals surface area contributed by atoms with E-state index in [1.165, 1.54) is 20.3 Å². The van der Waals surface area contributed by atoms with Crippen molar-refractivity contribution in [2.24, 2.45) is 0 Å². The Kier molecular flexibility index (Phi) is 6.53. The molecule has 0 unspecified atom stereocenters. The van der Waals surface area contributed by atoms with E-state index in [1.807, 2.05) is 37.3 Å². The summed E-state index contributed by atoms with van der Waals surface area (Å²) in [6.45, 7) is 1.94. The third-order valence-electron chi connectivity index (χ3n) is 4.60. The Morgan fingerprint density at radius 2 is 1.39 bits per heavy atom. The second kappa shape index (κ2) is 9.46. The molecule has 0 aliphatic carbocycles. The van der Waals surface area contributed by atoms with Gasteiger partial charge in [-0.05, 0) is 55.0 Å². The first-order chi connectivity index (χ1) is 15.0. The van der Waals surface area contributed by atoms with Crippen LogP contribution in [0.3, 0.4) is 0 Å². The number of methoxy groups -OCH3 is 2. The summed E-state index contributed by atoms with van der Waals surface area (Å²) < 4.78 is 9.73. The lowest BCUT2D eigenvalue weighted by Gasteiger charge is -2.18. The molecule has 3 aromatic rings.